The number of hydrogen-bond acceptors (Lipinski definition) is 2. The highest BCUT2D eigenvalue weighted by Crippen LogP contribution is 2.14. The molecular formula is C17H22N2. The summed E-state index contributed by atoms with van der Waals surface area (Å²) in [6.07, 6.45) is 4.90. The van der Waals surface area contributed by atoms with Crippen LogP contribution in [0.3, 0.4) is 0 Å². The molecule has 0 fully saturated rings. The van der Waals surface area contributed by atoms with Crippen LogP contribution in [0.15, 0.2) is 42.7 Å². The molecule has 1 aromatic carbocycles. The average Bonchev–Trinajstić information content (AvgIpc) is 2.45. The summed E-state index contributed by atoms with van der Waals surface area (Å²) < 4.78 is 0. The van der Waals surface area contributed by atoms with E-state index in [9.17, 15) is 0 Å². The van der Waals surface area contributed by atoms with E-state index in [0.29, 0.717) is 6.04 Å². The minimum absolute atomic E-state index is 0.353. The maximum Gasteiger partial charge on any atom is 0.0313 e. The molecule has 0 aliphatic heterocycles. The van der Waals surface area contributed by atoms with Crippen molar-refractivity contribution in [3.05, 3.63) is 65.0 Å². The second-order valence-electron chi connectivity index (χ2n) is 5.07. The Labute approximate surface area is 115 Å². The van der Waals surface area contributed by atoms with E-state index in [-0.39, 0.29) is 0 Å². The smallest absolute Gasteiger partial charge is 0.0313 e. The molecule has 19 heavy (non-hydrogen) atoms. The maximum atomic E-state index is 4.22. The van der Waals surface area contributed by atoms with E-state index < -0.39 is 0 Å². The highest BCUT2D eigenvalue weighted by Gasteiger charge is 2.04. The lowest BCUT2D eigenvalue weighted by atomic mass is 10.0. The molecule has 1 N–H and O–H groups in total. The molecule has 2 heteroatoms. The molecule has 0 aliphatic carbocycles. The van der Waals surface area contributed by atoms with Gasteiger partial charge < -0.3 is 5.32 Å². The molecule has 1 aromatic heterocycles. The lowest BCUT2D eigenvalue weighted by molar-refractivity contribution is 0.573. The van der Waals surface area contributed by atoms with E-state index in [1.807, 2.05) is 12.4 Å². The Morgan fingerprint density at radius 2 is 1.84 bits per heavy atom. The van der Waals surface area contributed by atoms with E-state index in [2.05, 4.69) is 61.4 Å². The molecule has 1 atom stereocenters. The molecule has 0 amide bonds. The lowest BCUT2D eigenvalue weighted by Crippen LogP contribution is -2.18. The van der Waals surface area contributed by atoms with Crippen LogP contribution < -0.4 is 5.32 Å². The summed E-state index contributed by atoms with van der Waals surface area (Å²) in [5.41, 5.74) is 5.16. The van der Waals surface area contributed by atoms with Crippen molar-refractivity contribution in [3.8, 4) is 0 Å². The molecule has 2 aromatic rings. The first kappa shape index (κ1) is 13.8. The lowest BCUT2D eigenvalue weighted by Gasteiger charge is -2.15. The Morgan fingerprint density at radius 1 is 1.11 bits per heavy atom. The zero-order valence-electron chi connectivity index (χ0n) is 12.0. The van der Waals surface area contributed by atoms with Gasteiger partial charge in [0, 0.05) is 25.0 Å². The standard InChI is InChI=1S/C17H22N2/c1-4-15-5-7-17(8-6-15)14(3)19-12-16-9-13(2)10-18-11-16/h5-11,14,19H,4,12H2,1-3H3. The molecule has 0 radical (unpaired) electrons. The van der Waals surface area contributed by atoms with Crippen LogP contribution in [0.1, 0.15) is 42.1 Å². The predicted octanol–water partition coefficient (Wildman–Crippen LogP) is 3.80. The molecule has 1 heterocycles. The Morgan fingerprint density at radius 3 is 2.47 bits per heavy atom. The fourth-order valence-corrected chi connectivity index (χ4v) is 2.15. The summed E-state index contributed by atoms with van der Waals surface area (Å²) in [4.78, 5) is 4.22. The fourth-order valence-electron chi connectivity index (χ4n) is 2.15. The minimum atomic E-state index is 0.353. The van der Waals surface area contributed by atoms with Gasteiger partial charge in [0.2, 0.25) is 0 Å². The summed E-state index contributed by atoms with van der Waals surface area (Å²) in [6, 6.07) is 11.4. The summed E-state index contributed by atoms with van der Waals surface area (Å²) in [5.74, 6) is 0. The average molecular weight is 254 g/mol. The number of hydrogen-bond donors (Lipinski definition) is 1. The zero-order valence-corrected chi connectivity index (χ0v) is 12.0. The first-order chi connectivity index (χ1) is 9.19. The zero-order chi connectivity index (χ0) is 13.7. The predicted molar refractivity (Wildman–Crippen MR) is 80.0 cm³/mol. The van der Waals surface area contributed by atoms with Crippen molar-refractivity contribution in [2.45, 2.75) is 39.8 Å². The fraction of sp³-hybridized carbons (Fsp3) is 0.353. The van der Waals surface area contributed by atoms with Crippen LogP contribution in [0.25, 0.3) is 0 Å². The number of aromatic nitrogens is 1. The third-order valence-corrected chi connectivity index (χ3v) is 3.43. The van der Waals surface area contributed by atoms with Gasteiger partial charge in [0.25, 0.3) is 0 Å². The first-order valence-electron chi connectivity index (χ1n) is 6.91. The molecule has 0 saturated carbocycles. The molecule has 0 bridgehead atoms. The Hall–Kier alpha value is -1.67. The van der Waals surface area contributed by atoms with Gasteiger partial charge in [-0.1, -0.05) is 37.3 Å². The molecule has 0 saturated heterocycles. The molecule has 0 aliphatic rings. The SMILES string of the molecule is CCc1ccc(C(C)NCc2cncc(C)c2)cc1. The van der Waals surface area contributed by atoms with Crippen molar-refractivity contribution in [2.75, 3.05) is 0 Å². The highest BCUT2D eigenvalue weighted by molar-refractivity contribution is 5.25. The normalized spacial score (nSPS) is 12.4. The largest absolute Gasteiger partial charge is 0.306 e. The summed E-state index contributed by atoms with van der Waals surface area (Å²) >= 11 is 0. The van der Waals surface area contributed by atoms with Crippen LogP contribution in [-0.2, 0) is 13.0 Å². The third kappa shape index (κ3) is 3.90. The van der Waals surface area contributed by atoms with Gasteiger partial charge in [0.15, 0.2) is 0 Å². The third-order valence-electron chi connectivity index (χ3n) is 3.43. The van der Waals surface area contributed by atoms with E-state index in [4.69, 9.17) is 0 Å². The quantitative estimate of drug-likeness (QED) is 0.877. The van der Waals surface area contributed by atoms with Crippen LogP contribution in [0.5, 0.6) is 0 Å². The summed E-state index contributed by atoms with van der Waals surface area (Å²) in [6.45, 7) is 7.31. The number of benzene rings is 1. The van der Waals surface area contributed by atoms with Crippen LogP contribution in [0.4, 0.5) is 0 Å². The molecule has 1 unspecified atom stereocenters. The van der Waals surface area contributed by atoms with Crippen molar-refractivity contribution < 1.29 is 0 Å². The number of nitrogens with zero attached hydrogens (tertiary/aromatic N) is 1. The minimum Gasteiger partial charge on any atom is -0.306 e. The number of pyridine rings is 1. The summed E-state index contributed by atoms with van der Waals surface area (Å²) in [5, 5.41) is 3.54. The van der Waals surface area contributed by atoms with Crippen molar-refractivity contribution >= 4 is 0 Å². The van der Waals surface area contributed by atoms with Gasteiger partial charge in [0.05, 0.1) is 0 Å². The van der Waals surface area contributed by atoms with Crippen LogP contribution in [0, 0.1) is 6.92 Å². The van der Waals surface area contributed by atoms with Crippen LogP contribution in [-0.4, -0.2) is 4.98 Å². The second kappa shape index (κ2) is 6.48. The summed E-state index contributed by atoms with van der Waals surface area (Å²) in [7, 11) is 0. The van der Waals surface area contributed by atoms with Crippen molar-refractivity contribution in [1.82, 2.24) is 10.3 Å². The Bertz CT molecular complexity index is 517. The first-order valence-corrected chi connectivity index (χ1v) is 6.91. The highest BCUT2D eigenvalue weighted by atomic mass is 14.9. The van der Waals surface area contributed by atoms with E-state index in [0.717, 1.165) is 13.0 Å². The van der Waals surface area contributed by atoms with Gasteiger partial charge in [-0.2, -0.15) is 0 Å². The van der Waals surface area contributed by atoms with Crippen LogP contribution in [0.2, 0.25) is 0 Å². The monoisotopic (exact) mass is 254 g/mol. The number of aryl methyl sites for hydroxylation is 2. The van der Waals surface area contributed by atoms with Crippen molar-refractivity contribution in [1.29, 1.82) is 0 Å². The maximum absolute atomic E-state index is 4.22. The Balaban J connectivity index is 1.95. The van der Waals surface area contributed by atoms with Crippen molar-refractivity contribution in [2.24, 2.45) is 0 Å². The van der Waals surface area contributed by atoms with E-state index >= 15 is 0 Å². The topological polar surface area (TPSA) is 24.9 Å². The van der Waals surface area contributed by atoms with E-state index in [1.54, 1.807) is 0 Å². The van der Waals surface area contributed by atoms with Gasteiger partial charge >= 0.3 is 0 Å². The molecule has 0 spiro atoms. The Kier molecular flexibility index (Phi) is 4.69. The van der Waals surface area contributed by atoms with Gasteiger partial charge in [-0.3, -0.25) is 4.98 Å². The van der Waals surface area contributed by atoms with Gasteiger partial charge in [-0.15, -0.1) is 0 Å². The van der Waals surface area contributed by atoms with Gasteiger partial charge in [0.1, 0.15) is 0 Å². The molecule has 2 rings (SSSR count). The molecule has 100 valence electrons. The second-order valence-corrected chi connectivity index (χ2v) is 5.07. The van der Waals surface area contributed by atoms with Gasteiger partial charge in [-0.25, -0.2) is 0 Å². The van der Waals surface area contributed by atoms with E-state index in [1.165, 1.54) is 22.3 Å². The number of nitrogens with one attached hydrogen (secondary N) is 1. The molecular weight excluding hydrogens is 232 g/mol. The molecule has 2 nitrogen and oxygen atoms in total. The van der Waals surface area contributed by atoms with Gasteiger partial charge in [-0.05, 0) is 42.5 Å². The van der Waals surface area contributed by atoms with Crippen LogP contribution >= 0.6 is 0 Å². The number of rotatable bonds is 5. The van der Waals surface area contributed by atoms with Crippen molar-refractivity contribution in [3.63, 3.8) is 0 Å².